The number of rotatable bonds is 5. The number of para-hydroxylation sites is 1. The number of carbonyl (C=O) groups is 2. The maximum absolute atomic E-state index is 12.3. The Kier molecular flexibility index (Phi) is 4.04. The minimum Gasteiger partial charge on any atom is -0.480 e. The predicted octanol–water partition coefficient (Wildman–Crippen LogP) is 2.41. The van der Waals surface area contributed by atoms with Crippen LogP contribution in [0.3, 0.4) is 0 Å². The van der Waals surface area contributed by atoms with Crippen molar-refractivity contribution in [2.75, 3.05) is 7.05 Å². The molecule has 1 saturated carbocycles. The van der Waals surface area contributed by atoms with Gasteiger partial charge in [-0.1, -0.05) is 18.2 Å². The van der Waals surface area contributed by atoms with E-state index in [1.165, 1.54) is 25.2 Å². The highest BCUT2D eigenvalue weighted by Crippen LogP contribution is 2.47. The molecule has 0 spiro atoms. The van der Waals surface area contributed by atoms with E-state index in [0.29, 0.717) is 0 Å². The van der Waals surface area contributed by atoms with Crippen molar-refractivity contribution in [1.82, 2.24) is 4.90 Å². The summed E-state index contributed by atoms with van der Waals surface area (Å²) < 4.78 is 40.9. The van der Waals surface area contributed by atoms with Gasteiger partial charge in [0.2, 0.25) is 5.91 Å². The van der Waals surface area contributed by atoms with Crippen molar-refractivity contribution in [1.29, 1.82) is 0 Å². The van der Waals surface area contributed by atoms with Gasteiger partial charge in [0.05, 0.1) is 0 Å². The normalized spacial score (nSPS) is 16.0. The molecule has 22 heavy (non-hydrogen) atoms. The Morgan fingerprint density at radius 1 is 1.32 bits per heavy atom. The molecule has 0 radical (unpaired) electrons. The van der Waals surface area contributed by atoms with Gasteiger partial charge in [0.15, 0.2) is 0 Å². The Labute approximate surface area is 124 Å². The highest BCUT2D eigenvalue weighted by atomic mass is 19.4. The van der Waals surface area contributed by atoms with Crippen molar-refractivity contribution in [3.63, 3.8) is 0 Å². The van der Waals surface area contributed by atoms with Crippen molar-refractivity contribution in [2.24, 2.45) is 5.41 Å². The van der Waals surface area contributed by atoms with Crippen LogP contribution in [0.4, 0.5) is 13.2 Å². The van der Waals surface area contributed by atoms with Crippen molar-refractivity contribution < 1.29 is 32.6 Å². The molecule has 1 aromatic carbocycles. The number of benzene rings is 1. The molecule has 8 heteroatoms. The van der Waals surface area contributed by atoms with E-state index >= 15 is 0 Å². The van der Waals surface area contributed by atoms with Crippen LogP contribution in [0.5, 0.6) is 5.75 Å². The summed E-state index contributed by atoms with van der Waals surface area (Å²) >= 11 is 0. The summed E-state index contributed by atoms with van der Waals surface area (Å²) in [5.74, 6) is -2.22. The van der Waals surface area contributed by atoms with Crippen LogP contribution < -0.4 is 4.74 Å². The van der Waals surface area contributed by atoms with Crippen molar-refractivity contribution in [2.45, 2.75) is 25.7 Å². The van der Waals surface area contributed by atoms with Crippen molar-refractivity contribution in [3.05, 3.63) is 29.8 Å². The second kappa shape index (κ2) is 5.51. The number of carboxylic acid groups (broad SMARTS) is 1. The quantitative estimate of drug-likeness (QED) is 0.847. The summed E-state index contributed by atoms with van der Waals surface area (Å²) in [7, 11) is 1.36. The third-order valence-electron chi connectivity index (χ3n) is 3.52. The molecule has 0 saturated heterocycles. The summed E-state index contributed by atoms with van der Waals surface area (Å²) in [6.45, 7) is -0.167. The largest absolute Gasteiger partial charge is 0.573 e. The molecular formula is C14H14F3NO4. The van der Waals surface area contributed by atoms with Crippen LogP contribution in [-0.4, -0.2) is 35.3 Å². The van der Waals surface area contributed by atoms with E-state index in [1.54, 1.807) is 0 Å². The molecule has 1 aliphatic rings. The van der Waals surface area contributed by atoms with Crippen LogP contribution in [0, 0.1) is 5.41 Å². The van der Waals surface area contributed by atoms with Gasteiger partial charge in [-0.15, -0.1) is 13.2 Å². The zero-order chi connectivity index (χ0) is 16.5. The fourth-order valence-corrected chi connectivity index (χ4v) is 2.20. The molecule has 1 fully saturated rings. The lowest BCUT2D eigenvalue weighted by Crippen LogP contribution is -2.38. The third-order valence-corrected chi connectivity index (χ3v) is 3.52. The average Bonchev–Trinajstić information content (AvgIpc) is 3.20. The van der Waals surface area contributed by atoms with Gasteiger partial charge in [0.1, 0.15) is 11.2 Å². The Morgan fingerprint density at radius 2 is 1.91 bits per heavy atom. The third kappa shape index (κ3) is 3.32. The molecule has 1 amide bonds. The minimum atomic E-state index is -4.84. The van der Waals surface area contributed by atoms with E-state index in [4.69, 9.17) is 5.11 Å². The molecule has 120 valence electrons. The fourth-order valence-electron chi connectivity index (χ4n) is 2.20. The van der Waals surface area contributed by atoms with Crippen molar-refractivity contribution >= 4 is 11.9 Å². The Hall–Kier alpha value is -2.25. The van der Waals surface area contributed by atoms with Gasteiger partial charge in [-0.25, -0.2) is 0 Å². The van der Waals surface area contributed by atoms with Gasteiger partial charge in [-0.05, 0) is 18.9 Å². The van der Waals surface area contributed by atoms with E-state index in [0.717, 1.165) is 11.0 Å². The molecular weight excluding hydrogens is 303 g/mol. The number of halogens is 3. The van der Waals surface area contributed by atoms with Crippen LogP contribution in [0.2, 0.25) is 0 Å². The molecule has 0 atom stereocenters. The van der Waals surface area contributed by atoms with E-state index < -0.39 is 29.4 Å². The van der Waals surface area contributed by atoms with E-state index in [-0.39, 0.29) is 24.9 Å². The first-order chi connectivity index (χ1) is 10.2. The fraction of sp³-hybridized carbons (Fsp3) is 0.429. The first-order valence-corrected chi connectivity index (χ1v) is 6.48. The average molecular weight is 317 g/mol. The molecule has 0 unspecified atom stereocenters. The lowest BCUT2D eigenvalue weighted by atomic mass is 10.1. The van der Waals surface area contributed by atoms with Gasteiger partial charge < -0.3 is 14.7 Å². The number of amides is 1. The van der Waals surface area contributed by atoms with Crippen molar-refractivity contribution in [3.8, 4) is 5.75 Å². The lowest BCUT2D eigenvalue weighted by Gasteiger charge is -2.22. The SMILES string of the molecule is CN(Cc1ccccc1OC(F)(F)F)C(=O)C1(C(=O)O)CC1. The molecule has 1 aliphatic carbocycles. The molecule has 0 aliphatic heterocycles. The molecule has 1 aromatic rings. The number of ether oxygens (including phenoxy) is 1. The predicted molar refractivity (Wildman–Crippen MR) is 68.9 cm³/mol. The maximum Gasteiger partial charge on any atom is 0.573 e. The van der Waals surface area contributed by atoms with Crippen LogP contribution in [-0.2, 0) is 16.1 Å². The summed E-state index contributed by atoms with van der Waals surface area (Å²) in [6.07, 6.45) is -4.35. The maximum atomic E-state index is 12.3. The number of carbonyl (C=O) groups excluding carboxylic acids is 1. The highest BCUT2D eigenvalue weighted by Gasteiger charge is 2.58. The number of alkyl halides is 3. The number of nitrogens with zero attached hydrogens (tertiary/aromatic N) is 1. The second-order valence-corrected chi connectivity index (χ2v) is 5.20. The Bertz CT molecular complexity index is 596. The smallest absolute Gasteiger partial charge is 0.480 e. The Morgan fingerprint density at radius 3 is 2.41 bits per heavy atom. The monoisotopic (exact) mass is 317 g/mol. The summed E-state index contributed by atoms with van der Waals surface area (Å²) in [5.41, 5.74) is -1.27. The molecule has 0 bridgehead atoms. The standard InChI is InChI=1S/C14H14F3NO4/c1-18(11(19)13(6-7-13)12(20)21)8-9-4-2-3-5-10(9)22-14(15,16)17/h2-5H,6-8H2,1H3,(H,20,21). The van der Waals surface area contributed by atoms with E-state index in [2.05, 4.69) is 4.74 Å². The second-order valence-electron chi connectivity index (χ2n) is 5.20. The molecule has 2 rings (SSSR count). The van der Waals surface area contributed by atoms with Gasteiger partial charge in [-0.2, -0.15) is 0 Å². The molecule has 1 N–H and O–H groups in total. The molecule has 5 nitrogen and oxygen atoms in total. The van der Waals surface area contributed by atoms with Crippen LogP contribution in [0.1, 0.15) is 18.4 Å². The molecule has 0 heterocycles. The van der Waals surface area contributed by atoms with Crippen LogP contribution in [0.15, 0.2) is 24.3 Å². The molecule has 0 aromatic heterocycles. The van der Waals surface area contributed by atoms with Gasteiger partial charge in [0, 0.05) is 19.2 Å². The first-order valence-electron chi connectivity index (χ1n) is 6.48. The Balaban J connectivity index is 2.14. The van der Waals surface area contributed by atoms with Crippen LogP contribution in [0.25, 0.3) is 0 Å². The van der Waals surface area contributed by atoms with E-state index in [1.807, 2.05) is 0 Å². The minimum absolute atomic E-state index is 0.150. The summed E-state index contributed by atoms with van der Waals surface area (Å²) in [5, 5.41) is 9.08. The number of hydrogen-bond acceptors (Lipinski definition) is 3. The van der Waals surface area contributed by atoms with Crippen LogP contribution >= 0.6 is 0 Å². The van der Waals surface area contributed by atoms with E-state index in [9.17, 15) is 22.8 Å². The number of carboxylic acids is 1. The summed E-state index contributed by atoms with van der Waals surface area (Å²) in [6, 6.07) is 5.43. The summed E-state index contributed by atoms with van der Waals surface area (Å²) in [4.78, 5) is 24.4. The van der Waals surface area contributed by atoms with Gasteiger partial charge in [0.25, 0.3) is 0 Å². The van der Waals surface area contributed by atoms with Gasteiger partial charge in [-0.3, -0.25) is 9.59 Å². The topological polar surface area (TPSA) is 66.8 Å². The lowest BCUT2D eigenvalue weighted by molar-refractivity contribution is -0.275. The zero-order valence-electron chi connectivity index (χ0n) is 11.7. The van der Waals surface area contributed by atoms with Gasteiger partial charge >= 0.3 is 12.3 Å². The highest BCUT2D eigenvalue weighted by molar-refractivity contribution is 6.04. The first kappa shape index (κ1) is 16.1. The number of hydrogen-bond donors (Lipinski definition) is 1. The zero-order valence-corrected chi connectivity index (χ0v) is 11.7. The number of aliphatic carboxylic acids is 1.